The monoisotopic (exact) mass is 368 g/mol. The molecule has 1 aromatic carbocycles. The molecule has 1 atom stereocenters. The van der Waals surface area contributed by atoms with Gasteiger partial charge in [-0.05, 0) is 67.5 Å². The Labute approximate surface area is 160 Å². The normalized spacial score (nSPS) is 18.9. The van der Waals surface area contributed by atoms with Crippen LogP contribution in [0.15, 0.2) is 42.1 Å². The van der Waals surface area contributed by atoms with Crippen LogP contribution in [0.1, 0.15) is 42.1 Å². The molecule has 0 spiro atoms. The first-order chi connectivity index (χ1) is 12.7. The van der Waals surface area contributed by atoms with Gasteiger partial charge >= 0.3 is 0 Å². The molecule has 2 aliphatic rings. The van der Waals surface area contributed by atoms with Gasteiger partial charge in [0.05, 0.1) is 12.3 Å². The number of hydrogen-bond acceptors (Lipinski definition) is 3. The summed E-state index contributed by atoms with van der Waals surface area (Å²) in [4.78, 5) is 7.16. The zero-order valence-electron chi connectivity index (χ0n) is 15.2. The maximum atomic E-state index is 9.45. The molecule has 2 heterocycles. The lowest BCUT2D eigenvalue weighted by Crippen LogP contribution is -2.40. The number of aliphatic hydroxyl groups excluding tert-OH is 1. The highest BCUT2D eigenvalue weighted by molar-refractivity contribution is 6.30. The predicted molar refractivity (Wildman–Crippen MR) is 106 cm³/mol. The number of pyridine rings is 1. The topological polar surface area (TPSA) is 36.4 Å². The van der Waals surface area contributed by atoms with Gasteiger partial charge in [0, 0.05) is 35.9 Å². The Kier molecular flexibility index (Phi) is 5.12. The maximum Gasteiger partial charge on any atom is 0.0739 e. The first-order valence-corrected chi connectivity index (χ1v) is 9.85. The molecule has 1 aliphatic heterocycles. The van der Waals surface area contributed by atoms with Gasteiger partial charge in [0.1, 0.15) is 0 Å². The highest BCUT2D eigenvalue weighted by Crippen LogP contribution is 2.38. The van der Waals surface area contributed by atoms with Gasteiger partial charge in [-0.2, -0.15) is 0 Å². The van der Waals surface area contributed by atoms with Crippen LogP contribution in [0.25, 0.3) is 5.57 Å². The van der Waals surface area contributed by atoms with E-state index in [9.17, 15) is 5.11 Å². The molecule has 0 saturated carbocycles. The summed E-state index contributed by atoms with van der Waals surface area (Å²) < 4.78 is 0. The molecule has 0 radical (unpaired) electrons. The number of fused-ring (bicyclic) bond motifs is 2. The summed E-state index contributed by atoms with van der Waals surface area (Å²) in [5.41, 5.74) is 7.90. The van der Waals surface area contributed by atoms with Crippen molar-refractivity contribution in [2.24, 2.45) is 0 Å². The minimum atomic E-state index is 0.220. The molecule has 0 bridgehead atoms. The Morgan fingerprint density at radius 2 is 1.88 bits per heavy atom. The first kappa shape index (κ1) is 17.7. The summed E-state index contributed by atoms with van der Waals surface area (Å²) in [6.45, 7) is 4.30. The van der Waals surface area contributed by atoms with E-state index in [1.165, 1.54) is 27.8 Å². The second-order valence-electron chi connectivity index (χ2n) is 7.36. The molecule has 26 heavy (non-hydrogen) atoms. The lowest BCUT2D eigenvalue weighted by Gasteiger charge is -2.33. The van der Waals surface area contributed by atoms with Gasteiger partial charge in [0.25, 0.3) is 0 Å². The molecule has 1 aromatic heterocycles. The van der Waals surface area contributed by atoms with Crippen LogP contribution < -0.4 is 0 Å². The van der Waals surface area contributed by atoms with Crippen molar-refractivity contribution in [1.82, 2.24) is 9.88 Å². The van der Waals surface area contributed by atoms with E-state index in [0.29, 0.717) is 0 Å². The Morgan fingerprint density at radius 1 is 1.12 bits per heavy atom. The van der Waals surface area contributed by atoms with Crippen LogP contribution in [-0.4, -0.2) is 40.7 Å². The number of aromatic nitrogens is 1. The largest absolute Gasteiger partial charge is 0.395 e. The number of piperidine rings is 1. The zero-order valence-corrected chi connectivity index (χ0v) is 16.0. The third-order valence-electron chi connectivity index (χ3n) is 5.77. The highest BCUT2D eigenvalue weighted by Gasteiger charge is 2.26. The molecule has 4 rings (SSSR count). The highest BCUT2D eigenvalue weighted by atomic mass is 35.5. The van der Waals surface area contributed by atoms with Crippen molar-refractivity contribution in [2.45, 2.75) is 38.6 Å². The van der Waals surface area contributed by atoms with Crippen LogP contribution in [0.2, 0.25) is 5.02 Å². The number of benzene rings is 1. The number of nitrogens with zero attached hydrogens (tertiary/aromatic N) is 2. The Hall–Kier alpha value is -1.68. The van der Waals surface area contributed by atoms with Gasteiger partial charge in [0.2, 0.25) is 0 Å². The molecule has 1 fully saturated rings. The average Bonchev–Trinajstić information content (AvgIpc) is 2.84. The second kappa shape index (κ2) is 7.51. The van der Waals surface area contributed by atoms with Crippen molar-refractivity contribution in [1.29, 1.82) is 0 Å². The fourth-order valence-corrected chi connectivity index (χ4v) is 4.43. The molecule has 1 aliphatic carbocycles. The van der Waals surface area contributed by atoms with E-state index in [1.54, 1.807) is 0 Å². The third-order valence-corrected chi connectivity index (χ3v) is 6.01. The summed E-state index contributed by atoms with van der Waals surface area (Å²) in [5.74, 6) is 0. The first-order valence-electron chi connectivity index (χ1n) is 9.47. The number of likely N-dealkylation sites (tertiary alicyclic amines) is 1. The molecular formula is C22H25ClN2O. The van der Waals surface area contributed by atoms with Crippen molar-refractivity contribution in [2.75, 3.05) is 19.7 Å². The van der Waals surface area contributed by atoms with E-state index in [-0.39, 0.29) is 12.6 Å². The van der Waals surface area contributed by atoms with E-state index < -0.39 is 0 Å². The van der Waals surface area contributed by atoms with E-state index in [0.717, 1.165) is 49.5 Å². The number of aliphatic hydroxyl groups is 1. The van der Waals surface area contributed by atoms with Gasteiger partial charge in [-0.15, -0.1) is 0 Å². The van der Waals surface area contributed by atoms with Crippen molar-refractivity contribution >= 4 is 17.2 Å². The molecule has 1 N–H and O–H groups in total. The Balaban J connectivity index is 1.80. The molecular weight excluding hydrogens is 344 g/mol. The van der Waals surface area contributed by atoms with Crippen LogP contribution in [-0.2, 0) is 12.8 Å². The number of rotatable bonds is 2. The van der Waals surface area contributed by atoms with Crippen molar-refractivity contribution < 1.29 is 5.11 Å². The minimum Gasteiger partial charge on any atom is -0.395 e. The Morgan fingerprint density at radius 3 is 2.65 bits per heavy atom. The standard InChI is InChI=1S/C22H25ClN2O/c1-15(14-26)25-11-8-16(9-12-25)21-20-7-6-19(23)13-18(20)5-4-17-3-2-10-24-22(17)21/h2-3,6-7,10,13,15,26H,4-5,8-9,11-12,14H2,1H3/t15-/m0/s1. The zero-order chi connectivity index (χ0) is 18.1. The molecule has 2 aromatic rings. The fraction of sp³-hybridized carbons (Fsp3) is 0.409. The molecule has 0 unspecified atom stereocenters. The van der Waals surface area contributed by atoms with E-state index >= 15 is 0 Å². The molecule has 136 valence electrons. The van der Waals surface area contributed by atoms with Crippen LogP contribution in [0.3, 0.4) is 0 Å². The minimum absolute atomic E-state index is 0.220. The number of hydrogen-bond donors (Lipinski definition) is 1. The smallest absolute Gasteiger partial charge is 0.0739 e. The summed E-state index contributed by atoms with van der Waals surface area (Å²) in [7, 11) is 0. The molecule has 0 amide bonds. The van der Waals surface area contributed by atoms with Crippen molar-refractivity contribution in [3.8, 4) is 0 Å². The van der Waals surface area contributed by atoms with Crippen LogP contribution in [0.5, 0.6) is 0 Å². The lowest BCUT2D eigenvalue weighted by molar-refractivity contribution is 0.127. The lowest BCUT2D eigenvalue weighted by atomic mass is 9.88. The van der Waals surface area contributed by atoms with Gasteiger partial charge < -0.3 is 5.11 Å². The summed E-state index contributed by atoms with van der Waals surface area (Å²) >= 11 is 6.28. The number of aryl methyl sites for hydroxylation is 2. The van der Waals surface area contributed by atoms with Crippen molar-refractivity contribution in [3.63, 3.8) is 0 Å². The van der Waals surface area contributed by atoms with Crippen LogP contribution >= 0.6 is 11.6 Å². The third kappa shape index (κ3) is 3.32. The van der Waals surface area contributed by atoms with E-state index in [4.69, 9.17) is 16.6 Å². The molecule has 4 heteroatoms. The van der Waals surface area contributed by atoms with Gasteiger partial charge in [-0.3, -0.25) is 9.88 Å². The summed E-state index contributed by atoms with van der Waals surface area (Å²) in [6, 6.07) is 10.8. The summed E-state index contributed by atoms with van der Waals surface area (Å²) in [5, 5.41) is 10.3. The van der Waals surface area contributed by atoms with Gasteiger partial charge in [-0.25, -0.2) is 0 Å². The predicted octanol–water partition coefficient (Wildman–Crippen LogP) is 4.11. The maximum absolute atomic E-state index is 9.45. The second-order valence-corrected chi connectivity index (χ2v) is 7.80. The van der Waals surface area contributed by atoms with E-state index in [2.05, 4.69) is 30.0 Å². The number of halogens is 1. The molecule has 1 saturated heterocycles. The summed E-state index contributed by atoms with van der Waals surface area (Å²) in [6.07, 6.45) is 5.96. The van der Waals surface area contributed by atoms with Gasteiger partial charge in [-0.1, -0.05) is 29.3 Å². The SMILES string of the molecule is C[C@@H](CO)N1CCC(=C2c3ccc(Cl)cc3CCc3cccnc32)CC1. The van der Waals surface area contributed by atoms with Crippen LogP contribution in [0, 0.1) is 0 Å². The molecule has 3 nitrogen and oxygen atoms in total. The van der Waals surface area contributed by atoms with Crippen LogP contribution in [0.4, 0.5) is 0 Å². The van der Waals surface area contributed by atoms with E-state index in [1.807, 2.05) is 18.3 Å². The van der Waals surface area contributed by atoms with Gasteiger partial charge in [0.15, 0.2) is 0 Å². The quantitative estimate of drug-likeness (QED) is 0.866. The Bertz CT molecular complexity index is 836. The fourth-order valence-electron chi connectivity index (χ4n) is 4.23. The average molecular weight is 369 g/mol. The van der Waals surface area contributed by atoms with Crippen molar-refractivity contribution in [3.05, 3.63) is 69.5 Å².